The summed E-state index contributed by atoms with van der Waals surface area (Å²) in [6, 6.07) is -4.67. The molecule has 0 spiro atoms. The first kappa shape index (κ1) is 44.2. The van der Waals surface area contributed by atoms with Crippen LogP contribution in [0.2, 0.25) is 0 Å². The maximum atomic E-state index is 11.8. The Labute approximate surface area is 313 Å². The van der Waals surface area contributed by atoms with E-state index in [-0.39, 0.29) is 39.6 Å². The van der Waals surface area contributed by atoms with Gasteiger partial charge in [-0.1, -0.05) is 0 Å². The van der Waals surface area contributed by atoms with E-state index in [2.05, 4.69) is 11.0 Å². The van der Waals surface area contributed by atoms with Crippen molar-refractivity contribution >= 4 is 0 Å². The molecule has 0 aromatic heterocycles. The van der Waals surface area contributed by atoms with E-state index in [0.29, 0.717) is 0 Å². The highest BCUT2D eigenvalue weighted by atomic mass is 16.8. The summed E-state index contributed by atoms with van der Waals surface area (Å²) in [5.74, 6) is 0. The Hall–Kier alpha value is -0.880. The highest BCUT2D eigenvalue weighted by Crippen LogP contribution is 2.33. The molecule has 5 fully saturated rings. The van der Waals surface area contributed by atoms with Gasteiger partial charge in [0.15, 0.2) is 25.2 Å². The molecule has 0 aliphatic carbocycles. The van der Waals surface area contributed by atoms with Crippen LogP contribution >= 0.6 is 0 Å². The SMILES string of the molecule is CCO[C@@H]1OC2CONC3[C@H](OCC)OC(CO)[C@@H](O[C@@H]4OC(CO)[C@@H](OCC)[C@H](O)C4NOCC4O[C@@H](O[C@H]2[C@H](O)C1N)C(N)[C@@H](O)[C@@H]4OCC)[C@@H]3O. The Kier molecular flexibility index (Phi) is 17.0. The zero-order valence-corrected chi connectivity index (χ0v) is 30.9. The van der Waals surface area contributed by atoms with Crippen LogP contribution in [0.3, 0.4) is 0 Å². The second-order valence-electron chi connectivity index (χ2n) is 13.5. The molecule has 54 heavy (non-hydrogen) atoms. The molecule has 5 saturated heterocycles. The Morgan fingerprint density at radius 2 is 1.13 bits per heavy atom. The number of nitrogens with two attached hydrogens (primary N) is 2. The van der Waals surface area contributed by atoms with Crippen molar-refractivity contribution in [3.8, 4) is 0 Å². The topological polar surface area (TPSA) is 308 Å². The fourth-order valence-corrected chi connectivity index (χ4v) is 7.29. The standard InChI is InChI=1S/C32H60N4O18/c1-5-43-25-13(9-37)50-32-20(23(25)41)36-47-11-15-26(44-6-2)21(39)18(34)30(52-15)53-28-16(51-29(45-7-3)17(33)22(28)40)12-48-35-19-24(42)27(54-32)14(10-38)49-31(19)46-8-4/h13-32,35-42H,5-12,33-34H2,1-4H3/t13?,14?,15?,16?,17?,18?,19?,20?,21-,22-,23-,24-,25-,26-,27-,28-,29-,30+,31-,32+/m1/s1. The van der Waals surface area contributed by atoms with Gasteiger partial charge in [-0.3, -0.25) is 9.68 Å². The zero-order chi connectivity index (χ0) is 39.1. The van der Waals surface area contributed by atoms with Crippen LogP contribution in [-0.4, -0.2) is 206 Å². The molecule has 316 valence electrons. The van der Waals surface area contributed by atoms with Gasteiger partial charge in [0, 0.05) is 26.4 Å². The van der Waals surface area contributed by atoms with Crippen molar-refractivity contribution in [1.82, 2.24) is 11.0 Å². The van der Waals surface area contributed by atoms with Crippen LogP contribution in [0.5, 0.6) is 0 Å². The number of hydrogen-bond donors (Lipinski definition) is 10. The van der Waals surface area contributed by atoms with Gasteiger partial charge in [0.25, 0.3) is 0 Å². The van der Waals surface area contributed by atoms with E-state index in [1.54, 1.807) is 27.7 Å². The number of nitrogens with one attached hydrogen (secondary N) is 2. The molecule has 0 radical (unpaired) electrons. The molecule has 0 amide bonds. The van der Waals surface area contributed by atoms with Crippen LogP contribution in [0.15, 0.2) is 0 Å². The largest absolute Gasteiger partial charge is 0.394 e. The van der Waals surface area contributed by atoms with Gasteiger partial charge in [0.05, 0.1) is 38.5 Å². The monoisotopic (exact) mass is 788 g/mol. The molecule has 5 aliphatic rings. The Morgan fingerprint density at radius 3 is 1.78 bits per heavy atom. The van der Waals surface area contributed by atoms with Crippen LogP contribution in [0.25, 0.3) is 0 Å². The van der Waals surface area contributed by atoms with Crippen molar-refractivity contribution in [3.63, 3.8) is 0 Å². The van der Waals surface area contributed by atoms with E-state index < -0.39 is 136 Å². The number of fused-ring (bicyclic) bond motifs is 6. The molecule has 8 unspecified atom stereocenters. The molecule has 0 aromatic carbocycles. The second-order valence-corrected chi connectivity index (χ2v) is 13.5. The summed E-state index contributed by atoms with van der Waals surface area (Å²) in [5, 5.41) is 66.6. The molecule has 0 saturated carbocycles. The van der Waals surface area contributed by atoms with Gasteiger partial charge in [-0.2, -0.15) is 11.0 Å². The molecular formula is C32H60N4O18. The molecule has 0 aromatic rings. The molecule has 20 atom stereocenters. The number of aliphatic hydroxyl groups excluding tert-OH is 6. The fraction of sp³-hybridized carbons (Fsp3) is 1.00. The van der Waals surface area contributed by atoms with Gasteiger partial charge < -0.3 is 89.5 Å². The predicted octanol–water partition coefficient (Wildman–Crippen LogP) is -5.58. The number of hydrogen-bond acceptors (Lipinski definition) is 22. The highest BCUT2D eigenvalue weighted by Gasteiger charge is 2.54. The van der Waals surface area contributed by atoms with E-state index in [9.17, 15) is 30.6 Å². The summed E-state index contributed by atoms with van der Waals surface area (Å²) < 4.78 is 59.8. The number of hydroxylamine groups is 2. The fourth-order valence-electron chi connectivity index (χ4n) is 7.29. The lowest BCUT2D eigenvalue weighted by atomic mass is 9.95. The molecular weight excluding hydrogens is 728 g/mol. The van der Waals surface area contributed by atoms with Gasteiger partial charge in [-0.15, -0.1) is 0 Å². The van der Waals surface area contributed by atoms with Crippen molar-refractivity contribution < 1.29 is 87.7 Å². The van der Waals surface area contributed by atoms with E-state index in [1.807, 2.05) is 0 Å². The number of rotatable bonds is 10. The minimum absolute atomic E-state index is 0.151. The van der Waals surface area contributed by atoms with Crippen molar-refractivity contribution in [3.05, 3.63) is 0 Å². The maximum Gasteiger partial charge on any atom is 0.178 e. The number of aliphatic hydroxyl groups is 6. The summed E-state index contributed by atoms with van der Waals surface area (Å²) in [5.41, 5.74) is 18.2. The van der Waals surface area contributed by atoms with Gasteiger partial charge in [0.2, 0.25) is 0 Å². The van der Waals surface area contributed by atoms with E-state index in [1.165, 1.54) is 0 Å². The summed E-state index contributed by atoms with van der Waals surface area (Å²) in [6.45, 7) is 5.71. The lowest BCUT2D eigenvalue weighted by Gasteiger charge is -2.49. The van der Waals surface area contributed by atoms with Crippen molar-refractivity contribution in [2.75, 3.05) is 52.9 Å². The van der Waals surface area contributed by atoms with E-state index in [0.717, 1.165) is 0 Å². The van der Waals surface area contributed by atoms with Crippen molar-refractivity contribution in [2.45, 2.75) is 150 Å². The first-order valence-corrected chi connectivity index (χ1v) is 18.6. The molecule has 4 bridgehead atoms. The van der Waals surface area contributed by atoms with E-state index >= 15 is 0 Å². The number of ether oxygens (including phenoxy) is 10. The minimum atomic E-state index is -1.51. The third kappa shape index (κ3) is 9.69. The first-order chi connectivity index (χ1) is 26.0. The lowest BCUT2D eigenvalue weighted by Crippen LogP contribution is -2.70. The van der Waals surface area contributed by atoms with Crippen molar-refractivity contribution in [2.24, 2.45) is 11.5 Å². The smallest absolute Gasteiger partial charge is 0.178 e. The molecule has 5 rings (SSSR count). The normalized spacial score (nSPS) is 48.2. The summed E-state index contributed by atoms with van der Waals surface area (Å²) in [6.07, 6.45) is -19.8. The molecule has 22 heteroatoms. The Bertz CT molecular complexity index is 1110. The van der Waals surface area contributed by atoms with Gasteiger partial charge in [0.1, 0.15) is 85.3 Å². The molecule has 5 heterocycles. The van der Waals surface area contributed by atoms with E-state index in [4.69, 9.17) is 68.5 Å². The van der Waals surface area contributed by atoms with Gasteiger partial charge in [-0.25, -0.2) is 0 Å². The first-order valence-electron chi connectivity index (χ1n) is 18.6. The summed E-state index contributed by atoms with van der Waals surface area (Å²) in [4.78, 5) is 11.7. The average molecular weight is 789 g/mol. The Balaban J connectivity index is 1.51. The van der Waals surface area contributed by atoms with Crippen LogP contribution < -0.4 is 22.4 Å². The maximum absolute atomic E-state index is 11.8. The average Bonchev–Trinajstić information content (AvgIpc) is 3.15. The third-order valence-corrected chi connectivity index (χ3v) is 10.0. The van der Waals surface area contributed by atoms with Gasteiger partial charge >= 0.3 is 0 Å². The molecule has 22 nitrogen and oxygen atoms in total. The minimum Gasteiger partial charge on any atom is -0.394 e. The summed E-state index contributed by atoms with van der Waals surface area (Å²) >= 11 is 0. The van der Waals surface area contributed by atoms with Crippen molar-refractivity contribution in [1.29, 1.82) is 0 Å². The lowest BCUT2D eigenvalue weighted by molar-refractivity contribution is -0.354. The van der Waals surface area contributed by atoms with Crippen LogP contribution in [0.4, 0.5) is 0 Å². The molecule has 12 N–H and O–H groups in total. The van der Waals surface area contributed by atoms with Crippen LogP contribution in [0, 0.1) is 0 Å². The predicted molar refractivity (Wildman–Crippen MR) is 178 cm³/mol. The third-order valence-electron chi connectivity index (χ3n) is 10.0. The second kappa shape index (κ2) is 20.7. The van der Waals surface area contributed by atoms with Crippen LogP contribution in [-0.2, 0) is 57.0 Å². The zero-order valence-electron chi connectivity index (χ0n) is 30.9. The van der Waals surface area contributed by atoms with Crippen LogP contribution in [0.1, 0.15) is 27.7 Å². The van der Waals surface area contributed by atoms with Gasteiger partial charge in [-0.05, 0) is 27.7 Å². The highest BCUT2D eigenvalue weighted by molar-refractivity contribution is 5.00. The molecule has 5 aliphatic heterocycles. The summed E-state index contributed by atoms with van der Waals surface area (Å²) in [7, 11) is 0. The Morgan fingerprint density at radius 1 is 0.537 bits per heavy atom. The quantitative estimate of drug-likeness (QED) is 0.0987.